The van der Waals surface area contributed by atoms with Crippen molar-refractivity contribution in [1.82, 2.24) is 0 Å². The maximum atomic E-state index is 12.4. The third kappa shape index (κ3) is 3.31. The molecule has 0 radical (unpaired) electrons. The Morgan fingerprint density at radius 1 is 1.42 bits per heavy atom. The fraction of sp³-hybridized carbons (Fsp3) is 0.333. The van der Waals surface area contributed by atoms with Crippen LogP contribution in [0.25, 0.3) is 0 Å². The van der Waals surface area contributed by atoms with E-state index < -0.39 is 18.3 Å². The van der Waals surface area contributed by atoms with Crippen LogP contribution in [-0.4, -0.2) is 26.3 Å². The highest BCUT2D eigenvalue weighted by Crippen LogP contribution is 2.36. The first-order valence-electron chi connectivity index (χ1n) is 5.28. The molecule has 0 fully saturated rings. The number of carbonyl (C=O) groups excluding carboxylic acids is 1. The van der Waals surface area contributed by atoms with Crippen molar-refractivity contribution in [2.75, 3.05) is 13.7 Å². The van der Waals surface area contributed by atoms with Gasteiger partial charge >= 0.3 is 12.6 Å². The summed E-state index contributed by atoms with van der Waals surface area (Å²) in [5.41, 5.74) is -0.246. The van der Waals surface area contributed by atoms with Gasteiger partial charge in [0.1, 0.15) is 11.6 Å². The standard InChI is InChI=1S/C12H11F2NO4/c1-3-18-11(16)8-5-4-7(6-15)9(17-2)10(8)19-12(13)14/h4-5,12H,3H2,1-2H3. The molecule has 7 heteroatoms. The van der Waals surface area contributed by atoms with Crippen LogP contribution in [-0.2, 0) is 4.74 Å². The van der Waals surface area contributed by atoms with Crippen LogP contribution in [0.1, 0.15) is 22.8 Å². The Hall–Kier alpha value is -2.36. The van der Waals surface area contributed by atoms with Gasteiger partial charge in [0, 0.05) is 0 Å². The van der Waals surface area contributed by atoms with E-state index in [1.807, 2.05) is 0 Å². The number of nitrogens with zero attached hydrogens (tertiary/aromatic N) is 1. The van der Waals surface area contributed by atoms with Gasteiger partial charge < -0.3 is 14.2 Å². The molecule has 0 atom stereocenters. The van der Waals surface area contributed by atoms with Crippen LogP contribution >= 0.6 is 0 Å². The molecule has 102 valence electrons. The van der Waals surface area contributed by atoms with Gasteiger partial charge in [0.2, 0.25) is 0 Å². The van der Waals surface area contributed by atoms with Gasteiger partial charge in [-0.05, 0) is 19.1 Å². The van der Waals surface area contributed by atoms with Gasteiger partial charge in [-0.3, -0.25) is 0 Å². The number of benzene rings is 1. The van der Waals surface area contributed by atoms with E-state index in [-0.39, 0.29) is 23.5 Å². The Balaban J connectivity index is 3.38. The molecule has 0 amide bonds. The zero-order chi connectivity index (χ0) is 14.4. The van der Waals surface area contributed by atoms with Crippen LogP contribution in [0, 0.1) is 11.3 Å². The second kappa shape index (κ2) is 6.54. The van der Waals surface area contributed by atoms with Gasteiger partial charge in [-0.2, -0.15) is 14.0 Å². The number of carbonyl (C=O) groups is 1. The molecule has 0 aliphatic carbocycles. The quantitative estimate of drug-likeness (QED) is 0.769. The lowest BCUT2D eigenvalue weighted by molar-refractivity contribution is -0.0518. The summed E-state index contributed by atoms with van der Waals surface area (Å²) in [6.45, 7) is -1.50. The fourth-order valence-corrected chi connectivity index (χ4v) is 1.43. The third-order valence-electron chi connectivity index (χ3n) is 2.14. The monoisotopic (exact) mass is 271 g/mol. The Kier molecular flexibility index (Phi) is 5.06. The number of rotatable bonds is 5. The lowest BCUT2D eigenvalue weighted by Gasteiger charge is -2.14. The fourth-order valence-electron chi connectivity index (χ4n) is 1.43. The van der Waals surface area contributed by atoms with E-state index in [0.29, 0.717) is 0 Å². The number of methoxy groups -OCH3 is 1. The van der Waals surface area contributed by atoms with E-state index in [1.54, 1.807) is 13.0 Å². The van der Waals surface area contributed by atoms with Crippen LogP contribution in [0.15, 0.2) is 12.1 Å². The molecule has 0 unspecified atom stereocenters. The second-order valence-electron chi connectivity index (χ2n) is 3.23. The summed E-state index contributed by atoms with van der Waals surface area (Å²) >= 11 is 0. The lowest BCUT2D eigenvalue weighted by atomic mass is 10.1. The number of halogens is 2. The zero-order valence-electron chi connectivity index (χ0n) is 10.3. The van der Waals surface area contributed by atoms with E-state index >= 15 is 0 Å². The van der Waals surface area contributed by atoms with Crippen molar-refractivity contribution >= 4 is 5.97 Å². The van der Waals surface area contributed by atoms with Crippen molar-refractivity contribution in [3.8, 4) is 17.6 Å². The third-order valence-corrected chi connectivity index (χ3v) is 2.14. The highest BCUT2D eigenvalue weighted by Gasteiger charge is 2.24. The Labute approximate surface area is 108 Å². The van der Waals surface area contributed by atoms with Crippen LogP contribution in [0.2, 0.25) is 0 Å². The molecule has 0 aromatic heterocycles. The highest BCUT2D eigenvalue weighted by molar-refractivity contribution is 5.94. The van der Waals surface area contributed by atoms with Gasteiger partial charge in [0.05, 0.1) is 19.3 Å². The van der Waals surface area contributed by atoms with E-state index in [4.69, 9.17) is 14.7 Å². The summed E-state index contributed by atoms with van der Waals surface area (Å²) < 4.78 is 38.6. The Morgan fingerprint density at radius 3 is 2.58 bits per heavy atom. The predicted octanol–water partition coefficient (Wildman–Crippen LogP) is 2.34. The summed E-state index contributed by atoms with van der Waals surface area (Å²) in [4.78, 5) is 11.6. The molecular formula is C12H11F2NO4. The molecule has 0 aliphatic rings. The number of hydrogen-bond acceptors (Lipinski definition) is 5. The molecule has 0 N–H and O–H groups in total. The number of alkyl halides is 2. The smallest absolute Gasteiger partial charge is 0.387 e. The van der Waals surface area contributed by atoms with Crippen molar-refractivity contribution in [2.24, 2.45) is 0 Å². The minimum absolute atomic E-state index is 0.0220. The van der Waals surface area contributed by atoms with Crippen molar-refractivity contribution in [1.29, 1.82) is 5.26 Å². The summed E-state index contributed by atoms with van der Waals surface area (Å²) in [6, 6.07) is 4.20. The maximum Gasteiger partial charge on any atom is 0.387 e. The van der Waals surface area contributed by atoms with E-state index in [9.17, 15) is 13.6 Å². The summed E-state index contributed by atoms with van der Waals surface area (Å²) in [7, 11) is 1.18. The number of ether oxygens (including phenoxy) is 3. The normalized spacial score (nSPS) is 9.89. The number of esters is 1. The maximum absolute atomic E-state index is 12.4. The molecule has 0 heterocycles. The molecule has 0 aliphatic heterocycles. The molecule has 0 saturated carbocycles. The minimum atomic E-state index is -3.16. The van der Waals surface area contributed by atoms with Crippen LogP contribution in [0.4, 0.5) is 8.78 Å². The van der Waals surface area contributed by atoms with Gasteiger partial charge in [0.25, 0.3) is 0 Å². The molecule has 0 bridgehead atoms. The summed E-state index contributed by atoms with van der Waals surface area (Å²) in [5.74, 6) is -1.57. The number of nitriles is 1. The lowest BCUT2D eigenvalue weighted by Crippen LogP contribution is -2.12. The van der Waals surface area contributed by atoms with Gasteiger partial charge in [-0.1, -0.05) is 0 Å². The van der Waals surface area contributed by atoms with E-state index in [0.717, 1.165) is 0 Å². The first-order chi connectivity index (χ1) is 9.04. The average Bonchev–Trinajstić information content (AvgIpc) is 2.37. The first-order valence-corrected chi connectivity index (χ1v) is 5.28. The minimum Gasteiger partial charge on any atom is -0.492 e. The topological polar surface area (TPSA) is 68.6 Å². The van der Waals surface area contributed by atoms with E-state index in [1.165, 1.54) is 19.2 Å². The first kappa shape index (κ1) is 14.7. The molecule has 1 aromatic carbocycles. The van der Waals surface area contributed by atoms with Gasteiger partial charge in [-0.25, -0.2) is 4.79 Å². The van der Waals surface area contributed by atoms with Crippen LogP contribution in [0.5, 0.6) is 11.5 Å². The Bertz CT molecular complexity index is 511. The van der Waals surface area contributed by atoms with E-state index in [2.05, 4.69) is 4.74 Å². The SMILES string of the molecule is CCOC(=O)c1ccc(C#N)c(OC)c1OC(F)F. The largest absolute Gasteiger partial charge is 0.492 e. The molecular weight excluding hydrogens is 260 g/mol. The second-order valence-corrected chi connectivity index (χ2v) is 3.23. The van der Waals surface area contributed by atoms with Crippen LogP contribution < -0.4 is 9.47 Å². The van der Waals surface area contributed by atoms with Crippen molar-refractivity contribution in [2.45, 2.75) is 13.5 Å². The van der Waals surface area contributed by atoms with Crippen molar-refractivity contribution < 1.29 is 27.8 Å². The highest BCUT2D eigenvalue weighted by atomic mass is 19.3. The predicted molar refractivity (Wildman–Crippen MR) is 60.3 cm³/mol. The summed E-state index contributed by atoms with van der Waals surface area (Å²) in [5, 5.41) is 8.85. The average molecular weight is 271 g/mol. The van der Waals surface area contributed by atoms with Gasteiger partial charge in [0.15, 0.2) is 11.5 Å². The molecule has 1 aromatic rings. The zero-order valence-corrected chi connectivity index (χ0v) is 10.3. The summed E-state index contributed by atoms with van der Waals surface area (Å²) in [6.07, 6.45) is 0. The van der Waals surface area contributed by atoms with Crippen molar-refractivity contribution in [3.05, 3.63) is 23.3 Å². The molecule has 0 spiro atoms. The Morgan fingerprint density at radius 2 is 2.11 bits per heavy atom. The molecule has 0 saturated heterocycles. The van der Waals surface area contributed by atoms with Crippen molar-refractivity contribution in [3.63, 3.8) is 0 Å². The molecule has 1 rings (SSSR count). The number of hydrogen-bond donors (Lipinski definition) is 0. The van der Waals surface area contributed by atoms with Crippen LogP contribution in [0.3, 0.4) is 0 Å². The molecule has 19 heavy (non-hydrogen) atoms. The molecule has 5 nitrogen and oxygen atoms in total. The van der Waals surface area contributed by atoms with Gasteiger partial charge in [-0.15, -0.1) is 0 Å².